The molecule has 0 aliphatic heterocycles. The fourth-order valence-electron chi connectivity index (χ4n) is 2.93. The van der Waals surface area contributed by atoms with Crippen molar-refractivity contribution in [2.24, 2.45) is 0 Å². The highest BCUT2D eigenvalue weighted by molar-refractivity contribution is 6.30. The molecule has 0 spiro atoms. The molecule has 1 N–H and O–H groups in total. The lowest BCUT2D eigenvalue weighted by molar-refractivity contribution is -0.143. The van der Waals surface area contributed by atoms with Crippen LogP contribution in [0.5, 0.6) is 5.75 Å². The molecule has 156 valence electrons. The van der Waals surface area contributed by atoms with Gasteiger partial charge in [0.2, 0.25) is 5.91 Å². The van der Waals surface area contributed by atoms with Crippen LogP contribution in [0.3, 0.4) is 0 Å². The van der Waals surface area contributed by atoms with Crippen molar-refractivity contribution in [3.05, 3.63) is 65.2 Å². The van der Waals surface area contributed by atoms with Crippen molar-refractivity contribution in [2.45, 2.75) is 52.2 Å². The number of carbonyl (C=O) groups excluding carboxylic acids is 2. The Bertz CT molecular complexity index is 798. The van der Waals surface area contributed by atoms with Gasteiger partial charge in [-0.05, 0) is 43.5 Å². The molecule has 0 bridgehead atoms. The first-order valence-corrected chi connectivity index (χ1v) is 10.3. The Morgan fingerprint density at radius 2 is 1.79 bits per heavy atom. The van der Waals surface area contributed by atoms with E-state index in [1.165, 1.54) is 0 Å². The molecule has 2 aromatic rings. The van der Waals surface area contributed by atoms with Crippen molar-refractivity contribution < 1.29 is 14.3 Å². The fraction of sp³-hybridized carbons (Fsp3) is 0.391. The summed E-state index contributed by atoms with van der Waals surface area (Å²) < 4.78 is 5.64. The van der Waals surface area contributed by atoms with E-state index in [9.17, 15) is 9.59 Å². The maximum atomic E-state index is 13.1. The van der Waals surface area contributed by atoms with Gasteiger partial charge in [-0.15, -0.1) is 0 Å². The maximum absolute atomic E-state index is 13.1. The molecule has 0 aliphatic carbocycles. The molecule has 2 atom stereocenters. The molecular weight excluding hydrogens is 388 g/mol. The van der Waals surface area contributed by atoms with Crippen LogP contribution in [0.15, 0.2) is 54.6 Å². The zero-order valence-electron chi connectivity index (χ0n) is 17.2. The van der Waals surface area contributed by atoms with E-state index in [1.807, 2.05) is 51.1 Å². The number of amides is 2. The average Bonchev–Trinajstić information content (AvgIpc) is 2.72. The van der Waals surface area contributed by atoms with E-state index < -0.39 is 6.04 Å². The van der Waals surface area contributed by atoms with Crippen LogP contribution in [-0.2, 0) is 16.1 Å². The molecule has 0 aliphatic rings. The third-order valence-electron chi connectivity index (χ3n) is 4.74. The van der Waals surface area contributed by atoms with Crippen LogP contribution in [0, 0.1) is 0 Å². The van der Waals surface area contributed by atoms with Gasteiger partial charge in [0.1, 0.15) is 11.8 Å². The van der Waals surface area contributed by atoms with Crippen LogP contribution >= 0.6 is 11.6 Å². The van der Waals surface area contributed by atoms with Crippen LogP contribution in [0.25, 0.3) is 0 Å². The third-order valence-corrected chi connectivity index (χ3v) is 4.98. The van der Waals surface area contributed by atoms with E-state index in [0.717, 1.165) is 12.0 Å². The number of hydrogen-bond acceptors (Lipinski definition) is 3. The van der Waals surface area contributed by atoms with Crippen LogP contribution in [0.2, 0.25) is 5.02 Å². The molecule has 0 saturated carbocycles. The SMILES string of the molecule is CC[C@@H](C)NC(=O)[C@@H](CC)N(Cc1ccccc1)C(=O)COc1cccc(Cl)c1. The Morgan fingerprint density at radius 3 is 2.41 bits per heavy atom. The molecular formula is C23H29ClN2O3. The van der Waals surface area contributed by atoms with Crippen molar-refractivity contribution >= 4 is 23.4 Å². The zero-order valence-corrected chi connectivity index (χ0v) is 18.0. The highest BCUT2D eigenvalue weighted by atomic mass is 35.5. The number of halogens is 1. The summed E-state index contributed by atoms with van der Waals surface area (Å²) in [5.74, 6) is 0.122. The normalized spacial score (nSPS) is 12.7. The lowest BCUT2D eigenvalue weighted by Gasteiger charge is -2.31. The van der Waals surface area contributed by atoms with Gasteiger partial charge < -0.3 is 15.0 Å². The van der Waals surface area contributed by atoms with Crippen molar-refractivity contribution in [2.75, 3.05) is 6.61 Å². The quantitative estimate of drug-likeness (QED) is 0.622. The van der Waals surface area contributed by atoms with Crippen molar-refractivity contribution in [1.82, 2.24) is 10.2 Å². The van der Waals surface area contributed by atoms with Crippen LogP contribution in [0.4, 0.5) is 0 Å². The smallest absolute Gasteiger partial charge is 0.261 e. The number of ether oxygens (including phenoxy) is 1. The minimum Gasteiger partial charge on any atom is -0.484 e. The summed E-state index contributed by atoms with van der Waals surface area (Å²) in [6.45, 7) is 6.04. The Labute approximate surface area is 178 Å². The molecule has 0 aromatic heterocycles. The summed E-state index contributed by atoms with van der Waals surface area (Å²) >= 11 is 5.98. The molecule has 0 unspecified atom stereocenters. The Kier molecular flexibility index (Phi) is 9.00. The molecule has 0 fully saturated rings. The van der Waals surface area contributed by atoms with E-state index in [2.05, 4.69) is 5.32 Å². The van der Waals surface area contributed by atoms with Gasteiger partial charge >= 0.3 is 0 Å². The van der Waals surface area contributed by atoms with E-state index >= 15 is 0 Å². The summed E-state index contributed by atoms with van der Waals surface area (Å²) in [7, 11) is 0. The van der Waals surface area contributed by atoms with Crippen molar-refractivity contribution in [3.8, 4) is 5.75 Å². The average molecular weight is 417 g/mol. The molecule has 6 heteroatoms. The van der Waals surface area contributed by atoms with E-state index in [0.29, 0.717) is 23.7 Å². The second-order valence-electron chi connectivity index (χ2n) is 7.00. The minimum atomic E-state index is -0.570. The Hall–Kier alpha value is -2.53. The first-order chi connectivity index (χ1) is 13.9. The van der Waals surface area contributed by atoms with Crippen LogP contribution in [0.1, 0.15) is 39.2 Å². The monoisotopic (exact) mass is 416 g/mol. The van der Waals surface area contributed by atoms with Crippen LogP contribution in [-0.4, -0.2) is 35.4 Å². The molecule has 2 amide bonds. The largest absolute Gasteiger partial charge is 0.484 e. The van der Waals surface area contributed by atoms with Gasteiger partial charge in [-0.3, -0.25) is 9.59 Å². The number of hydrogen-bond donors (Lipinski definition) is 1. The van der Waals surface area contributed by atoms with Gasteiger partial charge in [-0.25, -0.2) is 0 Å². The second-order valence-corrected chi connectivity index (χ2v) is 7.43. The summed E-state index contributed by atoms with van der Waals surface area (Å²) in [5, 5.41) is 3.53. The first kappa shape index (κ1) is 22.8. The van der Waals surface area contributed by atoms with E-state index in [4.69, 9.17) is 16.3 Å². The minimum absolute atomic E-state index is 0.0490. The summed E-state index contributed by atoms with van der Waals surface area (Å²) in [5.41, 5.74) is 0.957. The lowest BCUT2D eigenvalue weighted by atomic mass is 10.1. The summed E-state index contributed by atoms with van der Waals surface area (Å²) in [6, 6.07) is 16.0. The molecule has 0 saturated heterocycles. The van der Waals surface area contributed by atoms with Gasteiger partial charge in [-0.2, -0.15) is 0 Å². The van der Waals surface area contributed by atoms with Gasteiger partial charge in [0.05, 0.1) is 0 Å². The van der Waals surface area contributed by atoms with E-state index in [1.54, 1.807) is 29.2 Å². The summed E-state index contributed by atoms with van der Waals surface area (Å²) in [4.78, 5) is 27.5. The van der Waals surface area contributed by atoms with Crippen LogP contribution < -0.4 is 10.1 Å². The highest BCUT2D eigenvalue weighted by Gasteiger charge is 2.29. The Morgan fingerprint density at radius 1 is 1.07 bits per heavy atom. The number of carbonyl (C=O) groups is 2. The highest BCUT2D eigenvalue weighted by Crippen LogP contribution is 2.18. The van der Waals surface area contributed by atoms with E-state index in [-0.39, 0.29) is 24.5 Å². The van der Waals surface area contributed by atoms with Gasteiger partial charge in [0.25, 0.3) is 5.91 Å². The topological polar surface area (TPSA) is 58.6 Å². The first-order valence-electron chi connectivity index (χ1n) is 9.96. The molecule has 0 radical (unpaired) electrons. The van der Waals surface area contributed by atoms with Gasteiger partial charge in [0, 0.05) is 17.6 Å². The predicted molar refractivity (Wildman–Crippen MR) is 116 cm³/mol. The van der Waals surface area contributed by atoms with Crippen molar-refractivity contribution in [1.29, 1.82) is 0 Å². The summed E-state index contributed by atoms with van der Waals surface area (Å²) in [6.07, 6.45) is 1.34. The van der Waals surface area contributed by atoms with Gasteiger partial charge in [-0.1, -0.05) is 61.8 Å². The molecule has 2 rings (SSSR count). The Balaban J connectivity index is 2.18. The standard InChI is InChI=1S/C23H29ClN2O3/c1-4-17(3)25-23(28)21(5-2)26(15-18-10-7-6-8-11-18)22(27)16-29-20-13-9-12-19(24)14-20/h6-14,17,21H,4-5,15-16H2,1-3H3,(H,25,28)/t17-,21-/m1/s1. The maximum Gasteiger partial charge on any atom is 0.261 e. The second kappa shape index (κ2) is 11.5. The molecule has 29 heavy (non-hydrogen) atoms. The van der Waals surface area contributed by atoms with Crippen molar-refractivity contribution in [3.63, 3.8) is 0 Å². The third kappa shape index (κ3) is 7.09. The zero-order chi connectivity index (χ0) is 21.2. The number of benzene rings is 2. The lowest BCUT2D eigenvalue weighted by Crippen LogP contribution is -2.51. The predicted octanol–water partition coefficient (Wildman–Crippen LogP) is 4.44. The van der Waals surface area contributed by atoms with Gasteiger partial charge in [0.15, 0.2) is 6.61 Å². The number of rotatable bonds is 10. The number of nitrogens with one attached hydrogen (secondary N) is 1. The molecule has 5 nitrogen and oxygen atoms in total. The number of nitrogens with zero attached hydrogens (tertiary/aromatic N) is 1. The molecule has 0 heterocycles. The fourth-order valence-corrected chi connectivity index (χ4v) is 3.11. The molecule has 2 aromatic carbocycles.